The molecule has 1 unspecified atom stereocenters. The fraction of sp³-hybridized carbons (Fsp3) is 0.962. The number of carbonyl (C=O) groups is 2. The second-order valence-electron chi connectivity index (χ2n) is 18.2. The fourth-order valence-corrected chi connectivity index (χ4v) is 7.90. The van der Waals surface area contributed by atoms with E-state index in [1.165, 1.54) is 148 Å². The van der Waals surface area contributed by atoms with Gasteiger partial charge in [-0.3, -0.25) is 9.59 Å². The number of aliphatic hydroxyl groups is 2. The minimum Gasteiger partial charge on any atom is -0.466 e. The molecule has 1 atom stereocenters. The van der Waals surface area contributed by atoms with Gasteiger partial charge in [0.15, 0.2) is 0 Å². The molecule has 0 aromatic carbocycles. The van der Waals surface area contributed by atoms with Crippen LogP contribution >= 0.6 is 0 Å². The Morgan fingerprint density at radius 3 is 1.17 bits per heavy atom. The highest BCUT2D eigenvalue weighted by molar-refractivity contribution is 5.69. The van der Waals surface area contributed by atoms with Crippen LogP contribution in [0.25, 0.3) is 0 Å². The molecule has 0 aromatic heterocycles. The minimum atomic E-state index is -0.705. The lowest BCUT2D eigenvalue weighted by Gasteiger charge is -2.24. The van der Waals surface area contributed by atoms with Crippen LogP contribution < -0.4 is 0 Å². The fourth-order valence-electron chi connectivity index (χ4n) is 7.90. The third-order valence-electron chi connectivity index (χ3n) is 11.9. The number of unbranched alkanes of at least 4 members (excludes halogenated alkanes) is 29. The average Bonchev–Trinajstić information content (AvgIpc) is 3.24. The molecular formula is C53H107NO6. The van der Waals surface area contributed by atoms with Crippen molar-refractivity contribution in [2.75, 3.05) is 32.8 Å². The zero-order valence-electron chi connectivity index (χ0n) is 41.2. The molecule has 0 amide bonds. The molecule has 7 heteroatoms. The van der Waals surface area contributed by atoms with E-state index < -0.39 is 6.10 Å². The highest BCUT2D eigenvalue weighted by atomic mass is 16.5. The number of hydrogen-bond acceptors (Lipinski definition) is 7. The Morgan fingerprint density at radius 2 is 0.767 bits per heavy atom. The molecular weight excluding hydrogens is 747 g/mol. The summed E-state index contributed by atoms with van der Waals surface area (Å²) in [5.41, 5.74) is 0. The highest BCUT2D eigenvalue weighted by Gasteiger charge is 2.15. The summed E-state index contributed by atoms with van der Waals surface area (Å²) in [4.78, 5) is 27.0. The zero-order valence-corrected chi connectivity index (χ0v) is 41.2. The van der Waals surface area contributed by atoms with Crippen molar-refractivity contribution in [2.45, 2.75) is 297 Å². The van der Waals surface area contributed by atoms with E-state index in [1.807, 2.05) is 0 Å². The van der Waals surface area contributed by atoms with Crippen LogP contribution in [0, 0.1) is 0 Å². The van der Waals surface area contributed by atoms with Gasteiger partial charge in [-0.2, -0.15) is 0 Å². The van der Waals surface area contributed by atoms with E-state index >= 15 is 0 Å². The van der Waals surface area contributed by atoms with Gasteiger partial charge in [-0.05, 0) is 70.9 Å². The van der Waals surface area contributed by atoms with E-state index in [0.717, 1.165) is 103 Å². The first-order valence-corrected chi connectivity index (χ1v) is 26.7. The van der Waals surface area contributed by atoms with Gasteiger partial charge >= 0.3 is 11.9 Å². The Kier molecular flexibility index (Phi) is 53.0. The van der Waals surface area contributed by atoms with Crippen LogP contribution in [0.5, 0.6) is 0 Å². The summed E-state index contributed by atoms with van der Waals surface area (Å²) < 4.78 is 11.4. The summed E-state index contributed by atoms with van der Waals surface area (Å²) in [5.74, 6) is -0.0637. The number of ether oxygens (including phenoxy) is 2. The Hall–Kier alpha value is -1.18. The molecule has 0 heterocycles. The highest BCUT2D eigenvalue weighted by Crippen LogP contribution is 2.19. The quantitative estimate of drug-likeness (QED) is 0.0465. The van der Waals surface area contributed by atoms with Crippen molar-refractivity contribution in [3.8, 4) is 0 Å². The largest absolute Gasteiger partial charge is 0.466 e. The normalized spacial score (nSPS) is 11.9. The number of aliphatic hydroxyl groups excluding tert-OH is 2. The van der Waals surface area contributed by atoms with E-state index in [9.17, 15) is 19.8 Å². The molecule has 0 saturated carbocycles. The van der Waals surface area contributed by atoms with Crippen LogP contribution in [-0.4, -0.2) is 72.1 Å². The third-order valence-corrected chi connectivity index (χ3v) is 11.9. The van der Waals surface area contributed by atoms with E-state index in [2.05, 4.69) is 39.5 Å². The molecule has 0 fully saturated rings. The molecule has 7 nitrogen and oxygen atoms in total. The molecule has 0 aromatic rings. The van der Waals surface area contributed by atoms with Gasteiger partial charge in [0.1, 0.15) is 6.10 Å². The molecule has 0 radical (unpaired) electrons. The molecule has 2 N–H and O–H groups in total. The average molecular weight is 854 g/mol. The predicted octanol–water partition coefficient (Wildman–Crippen LogP) is 15.4. The molecule has 0 aliphatic heterocycles. The second-order valence-corrected chi connectivity index (χ2v) is 18.2. The van der Waals surface area contributed by atoms with E-state index in [-0.39, 0.29) is 24.6 Å². The molecule has 0 aliphatic carbocycles. The van der Waals surface area contributed by atoms with Crippen LogP contribution in [0.4, 0.5) is 0 Å². The van der Waals surface area contributed by atoms with Gasteiger partial charge in [-0.25, -0.2) is 0 Å². The molecule has 0 rings (SSSR count). The van der Waals surface area contributed by atoms with Crippen molar-refractivity contribution in [3.63, 3.8) is 0 Å². The summed E-state index contributed by atoms with van der Waals surface area (Å²) in [5, 5.41) is 19.5. The Labute approximate surface area is 375 Å². The van der Waals surface area contributed by atoms with Gasteiger partial charge in [-0.15, -0.1) is 0 Å². The van der Waals surface area contributed by atoms with Crippen molar-refractivity contribution < 1.29 is 29.3 Å². The minimum absolute atomic E-state index is 0.00938. The Balaban J connectivity index is 0. The lowest BCUT2D eigenvalue weighted by molar-refractivity contribution is -0.150. The van der Waals surface area contributed by atoms with Crippen molar-refractivity contribution in [3.05, 3.63) is 0 Å². The summed E-state index contributed by atoms with van der Waals surface area (Å²) in [6.07, 6.45) is 45.2. The Morgan fingerprint density at radius 1 is 0.433 bits per heavy atom. The van der Waals surface area contributed by atoms with Gasteiger partial charge in [0.2, 0.25) is 0 Å². The number of rotatable bonds is 47. The van der Waals surface area contributed by atoms with Gasteiger partial charge < -0.3 is 24.6 Å². The van der Waals surface area contributed by atoms with E-state index in [0.29, 0.717) is 26.0 Å². The molecule has 360 valence electrons. The van der Waals surface area contributed by atoms with Crippen LogP contribution in [0.15, 0.2) is 0 Å². The van der Waals surface area contributed by atoms with Gasteiger partial charge in [0, 0.05) is 19.4 Å². The van der Waals surface area contributed by atoms with E-state index in [4.69, 9.17) is 9.47 Å². The van der Waals surface area contributed by atoms with Crippen molar-refractivity contribution in [1.82, 2.24) is 4.90 Å². The topological polar surface area (TPSA) is 96.3 Å². The third kappa shape index (κ3) is 49.5. The van der Waals surface area contributed by atoms with Crippen molar-refractivity contribution in [1.29, 1.82) is 0 Å². The summed E-state index contributed by atoms with van der Waals surface area (Å²) in [7, 11) is 0. The predicted molar refractivity (Wildman–Crippen MR) is 259 cm³/mol. The van der Waals surface area contributed by atoms with Gasteiger partial charge in [0.25, 0.3) is 0 Å². The molecule has 0 saturated heterocycles. The van der Waals surface area contributed by atoms with Gasteiger partial charge in [-0.1, -0.05) is 214 Å². The maximum Gasteiger partial charge on any atom is 0.306 e. The second kappa shape index (κ2) is 52.2. The van der Waals surface area contributed by atoms with Crippen molar-refractivity contribution in [2.24, 2.45) is 0 Å². The van der Waals surface area contributed by atoms with Gasteiger partial charge in [0.05, 0.1) is 19.3 Å². The van der Waals surface area contributed by atoms with E-state index in [1.54, 1.807) is 0 Å². The number of hydrogen-bond donors (Lipinski definition) is 2. The lowest BCUT2D eigenvalue weighted by atomic mass is 10.0. The zero-order chi connectivity index (χ0) is 44.4. The lowest BCUT2D eigenvalue weighted by Crippen LogP contribution is -2.35. The standard InChI is InChI=1S/C45H89NO6.C8H18/c1-4-7-10-13-16-25-32-39-51-44(49)35-28-21-17-23-30-37-46(40-42(48)41-47)38-31-24-18-22-29-36-45(50)52-43(33-26-19-14-11-8-5-2)34-27-20-15-12-9-6-3;1-3-5-7-8-6-4-2/h42-43,47-48H,4-41H2,1-3H3;3-8H2,1-2H3. The van der Waals surface area contributed by atoms with Crippen LogP contribution in [-0.2, 0) is 19.1 Å². The summed E-state index contributed by atoms with van der Waals surface area (Å²) in [6.45, 7) is 14.0. The smallest absolute Gasteiger partial charge is 0.306 e. The van der Waals surface area contributed by atoms with Crippen molar-refractivity contribution >= 4 is 11.9 Å². The molecule has 0 spiro atoms. The Bertz CT molecular complexity index is 818. The summed E-state index contributed by atoms with van der Waals surface area (Å²) in [6, 6.07) is 0. The first-order valence-electron chi connectivity index (χ1n) is 26.7. The maximum absolute atomic E-state index is 12.7. The summed E-state index contributed by atoms with van der Waals surface area (Å²) >= 11 is 0. The molecule has 60 heavy (non-hydrogen) atoms. The van der Waals surface area contributed by atoms with Crippen LogP contribution in [0.3, 0.4) is 0 Å². The van der Waals surface area contributed by atoms with Crippen LogP contribution in [0.2, 0.25) is 0 Å². The first kappa shape index (κ1) is 60.9. The first-order chi connectivity index (χ1) is 29.4. The number of nitrogens with zero attached hydrogens (tertiary/aromatic N) is 1. The SMILES string of the molecule is CCCCCCCC.CCCCCCCCCOC(=O)CCCCCCCN(CCCCCCCC(=O)OC(CCCCCCCC)CCCCCCCC)CC(O)CO. The number of esters is 2. The molecule has 0 bridgehead atoms. The number of carbonyl (C=O) groups excluding carboxylic acids is 2. The monoisotopic (exact) mass is 854 g/mol. The van der Waals surface area contributed by atoms with Crippen LogP contribution in [0.1, 0.15) is 285 Å². The maximum atomic E-state index is 12.7. The molecule has 0 aliphatic rings.